The molecule has 0 bridgehead atoms. The summed E-state index contributed by atoms with van der Waals surface area (Å²) in [6.45, 7) is 2.57. The van der Waals surface area contributed by atoms with Crippen LogP contribution in [0.4, 0.5) is 5.69 Å². The number of nitrogens with one attached hydrogen (secondary N) is 1. The van der Waals surface area contributed by atoms with E-state index in [4.69, 9.17) is 16.3 Å². The number of amides is 1. The first-order valence-corrected chi connectivity index (χ1v) is 9.90. The van der Waals surface area contributed by atoms with Crippen molar-refractivity contribution in [3.05, 3.63) is 52.5 Å². The Kier molecular flexibility index (Phi) is 5.11. The third-order valence-corrected chi connectivity index (χ3v) is 5.95. The van der Waals surface area contributed by atoms with Gasteiger partial charge in [0.1, 0.15) is 5.75 Å². The molecule has 0 aromatic heterocycles. The van der Waals surface area contributed by atoms with E-state index in [2.05, 4.69) is 4.72 Å². The Labute approximate surface area is 157 Å². The highest BCUT2D eigenvalue weighted by Gasteiger charge is 2.22. The topological polar surface area (TPSA) is 75.7 Å². The molecule has 0 saturated heterocycles. The van der Waals surface area contributed by atoms with Crippen molar-refractivity contribution in [2.24, 2.45) is 0 Å². The number of methoxy groups -OCH3 is 1. The molecule has 8 heteroatoms. The number of nitrogens with zero attached hydrogens (tertiary/aromatic N) is 1. The minimum atomic E-state index is -3.83. The molecule has 1 aliphatic rings. The van der Waals surface area contributed by atoms with Crippen LogP contribution in [0.3, 0.4) is 0 Å². The van der Waals surface area contributed by atoms with Crippen LogP contribution in [0.25, 0.3) is 0 Å². The zero-order valence-electron chi connectivity index (χ0n) is 14.5. The number of carbonyl (C=O) groups is 1. The van der Waals surface area contributed by atoms with Crippen molar-refractivity contribution in [2.45, 2.75) is 24.8 Å². The third-order valence-electron chi connectivity index (χ3n) is 4.35. The molecule has 1 heterocycles. The Balaban J connectivity index is 1.92. The standard InChI is InChI=1S/C18H19ClN2O4S/c1-12(22)21-8-7-13-3-5-16(9-14(13)11-21)26(23,24)20-17-10-15(19)4-6-18(17)25-2/h3-6,9-10,20H,7-8,11H2,1-2H3. The van der Waals surface area contributed by atoms with Gasteiger partial charge in [0.15, 0.2) is 0 Å². The van der Waals surface area contributed by atoms with Gasteiger partial charge in [0, 0.05) is 25.0 Å². The van der Waals surface area contributed by atoms with Gasteiger partial charge >= 0.3 is 0 Å². The lowest BCUT2D eigenvalue weighted by atomic mass is 10.00. The van der Waals surface area contributed by atoms with E-state index < -0.39 is 10.0 Å². The number of rotatable bonds is 4. The van der Waals surface area contributed by atoms with Crippen molar-refractivity contribution in [1.29, 1.82) is 0 Å². The summed E-state index contributed by atoms with van der Waals surface area (Å²) >= 11 is 5.96. The van der Waals surface area contributed by atoms with Crippen LogP contribution in [0.2, 0.25) is 5.02 Å². The highest BCUT2D eigenvalue weighted by atomic mass is 35.5. The van der Waals surface area contributed by atoms with Crippen LogP contribution in [0.15, 0.2) is 41.3 Å². The summed E-state index contributed by atoms with van der Waals surface area (Å²) in [5.74, 6) is 0.351. The number of halogens is 1. The molecule has 0 atom stereocenters. The molecule has 0 fully saturated rings. The second-order valence-electron chi connectivity index (χ2n) is 6.07. The molecule has 1 N–H and O–H groups in total. The molecule has 0 aliphatic carbocycles. The van der Waals surface area contributed by atoms with Crippen LogP contribution in [-0.4, -0.2) is 32.9 Å². The van der Waals surface area contributed by atoms with Crippen LogP contribution in [0, 0.1) is 0 Å². The molecule has 3 rings (SSSR count). The summed E-state index contributed by atoms with van der Waals surface area (Å²) < 4.78 is 33.3. The fraction of sp³-hybridized carbons (Fsp3) is 0.278. The maximum absolute atomic E-state index is 12.8. The van der Waals surface area contributed by atoms with Gasteiger partial charge in [-0.2, -0.15) is 0 Å². The number of hydrogen-bond donors (Lipinski definition) is 1. The van der Waals surface area contributed by atoms with Crippen molar-refractivity contribution < 1.29 is 17.9 Å². The molecular formula is C18H19ClN2O4S. The fourth-order valence-corrected chi connectivity index (χ4v) is 4.22. The molecule has 2 aromatic rings. The predicted molar refractivity (Wildman–Crippen MR) is 100 cm³/mol. The quantitative estimate of drug-likeness (QED) is 0.864. The summed E-state index contributed by atoms with van der Waals surface area (Å²) in [6.07, 6.45) is 0.713. The number of anilines is 1. The number of hydrogen-bond acceptors (Lipinski definition) is 4. The third kappa shape index (κ3) is 3.78. The normalized spacial score (nSPS) is 13.9. The highest BCUT2D eigenvalue weighted by Crippen LogP contribution is 2.30. The Hall–Kier alpha value is -2.25. The lowest BCUT2D eigenvalue weighted by molar-refractivity contribution is -0.129. The molecule has 138 valence electrons. The summed E-state index contributed by atoms with van der Waals surface area (Å²) in [4.78, 5) is 13.4. The number of fused-ring (bicyclic) bond motifs is 1. The lowest BCUT2D eigenvalue weighted by Crippen LogP contribution is -2.34. The van der Waals surface area contributed by atoms with Gasteiger partial charge in [-0.05, 0) is 47.9 Å². The summed E-state index contributed by atoms with van der Waals surface area (Å²) in [6, 6.07) is 9.70. The van der Waals surface area contributed by atoms with Crippen LogP contribution < -0.4 is 9.46 Å². The lowest BCUT2D eigenvalue weighted by Gasteiger charge is -2.28. The molecule has 0 spiro atoms. The van der Waals surface area contributed by atoms with E-state index in [1.165, 1.54) is 20.1 Å². The van der Waals surface area contributed by atoms with E-state index in [-0.39, 0.29) is 16.5 Å². The largest absolute Gasteiger partial charge is 0.495 e. The minimum absolute atomic E-state index is 0.0225. The van der Waals surface area contributed by atoms with E-state index in [0.717, 1.165) is 11.1 Å². The SMILES string of the molecule is COc1ccc(Cl)cc1NS(=O)(=O)c1ccc2c(c1)CN(C(C)=O)CC2. The summed E-state index contributed by atoms with van der Waals surface area (Å²) in [5.41, 5.74) is 2.16. The van der Waals surface area contributed by atoms with Crippen LogP contribution in [-0.2, 0) is 27.8 Å². The van der Waals surface area contributed by atoms with Gasteiger partial charge in [-0.15, -0.1) is 0 Å². The monoisotopic (exact) mass is 394 g/mol. The Morgan fingerprint density at radius 3 is 2.65 bits per heavy atom. The van der Waals surface area contributed by atoms with Gasteiger partial charge in [0.2, 0.25) is 5.91 Å². The van der Waals surface area contributed by atoms with Gasteiger partial charge in [0.05, 0.1) is 17.7 Å². The van der Waals surface area contributed by atoms with Crippen LogP contribution >= 0.6 is 11.6 Å². The average Bonchev–Trinajstić information content (AvgIpc) is 2.60. The first-order valence-electron chi connectivity index (χ1n) is 8.04. The maximum Gasteiger partial charge on any atom is 0.262 e. The summed E-state index contributed by atoms with van der Waals surface area (Å²) in [5, 5.41) is 0.394. The van der Waals surface area contributed by atoms with E-state index >= 15 is 0 Å². The van der Waals surface area contributed by atoms with Crippen molar-refractivity contribution in [3.63, 3.8) is 0 Å². The summed E-state index contributed by atoms with van der Waals surface area (Å²) in [7, 11) is -2.37. The van der Waals surface area contributed by atoms with Crippen molar-refractivity contribution in [1.82, 2.24) is 4.90 Å². The number of carbonyl (C=O) groups excluding carboxylic acids is 1. The molecule has 0 saturated carbocycles. The van der Waals surface area contributed by atoms with Gasteiger partial charge in [-0.1, -0.05) is 17.7 Å². The minimum Gasteiger partial charge on any atom is -0.495 e. The first kappa shape index (κ1) is 18.5. The Morgan fingerprint density at radius 1 is 1.19 bits per heavy atom. The maximum atomic E-state index is 12.8. The molecule has 2 aromatic carbocycles. The molecule has 26 heavy (non-hydrogen) atoms. The number of ether oxygens (including phenoxy) is 1. The van der Waals surface area contributed by atoms with Crippen LogP contribution in [0.5, 0.6) is 5.75 Å². The zero-order chi connectivity index (χ0) is 18.9. The zero-order valence-corrected chi connectivity index (χ0v) is 16.0. The molecule has 1 aliphatic heterocycles. The molecular weight excluding hydrogens is 376 g/mol. The highest BCUT2D eigenvalue weighted by molar-refractivity contribution is 7.92. The van der Waals surface area contributed by atoms with Gasteiger partial charge in [-0.3, -0.25) is 9.52 Å². The van der Waals surface area contributed by atoms with Crippen molar-refractivity contribution in [2.75, 3.05) is 18.4 Å². The molecule has 1 amide bonds. The van der Waals surface area contributed by atoms with Crippen LogP contribution in [0.1, 0.15) is 18.1 Å². The van der Waals surface area contributed by atoms with Gasteiger partial charge in [-0.25, -0.2) is 8.42 Å². The molecule has 0 radical (unpaired) electrons. The van der Waals surface area contributed by atoms with E-state index in [9.17, 15) is 13.2 Å². The second-order valence-corrected chi connectivity index (χ2v) is 8.19. The molecule has 0 unspecified atom stereocenters. The Bertz CT molecular complexity index is 960. The van der Waals surface area contributed by atoms with Gasteiger partial charge < -0.3 is 9.64 Å². The van der Waals surface area contributed by atoms with E-state index in [1.807, 2.05) is 0 Å². The fourth-order valence-electron chi connectivity index (χ4n) is 2.93. The van der Waals surface area contributed by atoms with Gasteiger partial charge in [0.25, 0.3) is 10.0 Å². The Morgan fingerprint density at radius 2 is 1.96 bits per heavy atom. The van der Waals surface area contributed by atoms with E-state index in [0.29, 0.717) is 30.3 Å². The van der Waals surface area contributed by atoms with Crippen molar-refractivity contribution >= 4 is 33.2 Å². The number of benzene rings is 2. The average molecular weight is 395 g/mol. The molecule has 6 nitrogen and oxygen atoms in total. The first-order chi connectivity index (χ1) is 12.3. The predicted octanol–water partition coefficient (Wildman–Crippen LogP) is 3.05. The number of sulfonamides is 1. The van der Waals surface area contributed by atoms with E-state index in [1.54, 1.807) is 35.2 Å². The smallest absolute Gasteiger partial charge is 0.262 e. The second kappa shape index (κ2) is 7.17. The van der Waals surface area contributed by atoms with Crippen molar-refractivity contribution in [3.8, 4) is 5.75 Å².